The Balaban J connectivity index is 2.56. The predicted octanol–water partition coefficient (Wildman–Crippen LogP) is 1.74. The van der Waals surface area contributed by atoms with Gasteiger partial charge in [0.15, 0.2) is 0 Å². The van der Waals surface area contributed by atoms with Crippen molar-refractivity contribution in [3.63, 3.8) is 0 Å². The lowest BCUT2D eigenvalue weighted by Crippen LogP contribution is -2.14. The van der Waals surface area contributed by atoms with Gasteiger partial charge in [0.2, 0.25) is 0 Å². The van der Waals surface area contributed by atoms with E-state index >= 15 is 0 Å². The van der Waals surface area contributed by atoms with Gasteiger partial charge in [-0.1, -0.05) is 24.1 Å². The van der Waals surface area contributed by atoms with E-state index in [2.05, 4.69) is 11.4 Å². The maximum Gasteiger partial charge on any atom is 0.148 e. The molecule has 0 radical (unpaired) electrons. The topological polar surface area (TPSA) is 30.5 Å². The second-order valence-corrected chi connectivity index (χ2v) is 2.85. The molecule has 15 heavy (non-hydrogen) atoms. The molecule has 0 bridgehead atoms. The van der Waals surface area contributed by atoms with Crippen LogP contribution in [0.1, 0.15) is 12.5 Å². The predicted molar refractivity (Wildman–Crippen MR) is 59.2 cm³/mol. The SMILES string of the molecule is C#CCOc1ccccc1CNOCC. The summed E-state index contributed by atoms with van der Waals surface area (Å²) in [6.45, 7) is 3.45. The summed E-state index contributed by atoms with van der Waals surface area (Å²) in [5.41, 5.74) is 3.87. The summed E-state index contributed by atoms with van der Waals surface area (Å²) in [6.07, 6.45) is 5.13. The van der Waals surface area contributed by atoms with Crippen molar-refractivity contribution in [3.05, 3.63) is 29.8 Å². The van der Waals surface area contributed by atoms with E-state index in [1.165, 1.54) is 0 Å². The van der Waals surface area contributed by atoms with E-state index in [1.54, 1.807) is 0 Å². The van der Waals surface area contributed by atoms with Crippen LogP contribution in [0.25, 0.3) is 0 Å². The fraction of sp³-hybridized carbons (Fsp3) is 0.333. The molecule has 1 N–H and O–H groups in total. The van der Waals surface area contributed by atoms with Gasteiger partial charge >= 0.3 is 0 Å². The Morgan fingerprint density at radius 1 is 1.40 bits per heavy atom. The molecule has 0 spiro atoms. The number of para-hydroxylation sites is 1. The summed E-state index contributed by atoms with van der Waals surface area (Å²) in [5, 5.41) is 0. The van der Waals surface area contributed by atoms with Gasteiger partial charge < -0.3 is 9.57 Å². The molecule has 3 nitrogen and oxygen atoms in total. The maximum absolute atomic E-state index is 5.39. The molecule has 0 aliphatic rings. The minimum atomic E-state index is 0.283. The Morgan fingerprint density at radius 2 is 2.20 bits per heavy atom. The molecule has 0 unspecified atom stereocenters. The van der Waals surface area contributed by atoms with Crippen LogP contribution < -0.4 is 10.2 Å². The van der Waals surface area contributed by atoms with E-state index in [-0.39, 0.29) is 6.61 Å². The standard InChI is InChI=1S/C12H15NO2/c1-3-9-14-12-8-6-5-7-11(12)10-13-15-4-2/h1,5-8,13H,4,9-10H2,2H3. The number of hydrogen-bond acceptors (Lipinski definition) is 3. The summed E-state index contributed by atoms with van der Waals surface area (Å²) < 4.78 is 5.39. The van der Waals surface area contributed by atoms with Gasteiger partial charge in [-0.25, -0.2) is 0 Å². The van der Waals surface area contributed by atoms with Crippen LogP contribution in [0.3, 0.4) is 0 Å². The molecular formula is C12H15NO2. The van der Waals surface area contributed by atoms with Crippen molar-refractivity contribution in [2.24, 2.45) is 0 Å². The van der Waals surface area contributed by atoms with Crippen LogP contribution in [-0.2, 0) is 11.4 Å². The molecule has 0 aliphatic heterocycles. The van der Waals surface area contributed by atoms with Gasteiger partial charge in [-0.15, -0.1) is 6.42 Å². The summed E-state index contributed by atoms with van der Waals surface area (Å²) in [6, 6.07) is 7.72. The first-order chi connectivity index (χ1) is 7.38. The van der Waals surface area contributed by atoms with Gasteiger partial charge in [0.1, 0.15) is 12.4 Å². The molecule has 0 atom stereocenters. The van der Waals surface area contributed by atoms with E-state index < -0.39 is 0 Å². The molecule has 0 aliphatic carbocycles. The van der Waals surface area contributed by atoms with Crippen molar-refractivity contribution >= 4 is 0 Å². The van der Waals surface area contributed by atoms with Crippen molar-refractivity contribution in [1.29, 1.82) is 0 Å². The van der Waals surface area contributed by atoms with Gasteiger partial charge in [-0.05, 0) is 13.0 Å². The number of terminal acetylenes is 1. The summed E-state index contributed by atoms with van der Waals surface area (Å²) in [7, 11) is 0. The van der Waals surface area contributed by atoms with Crippen LogP contribution >= 0.6 is 0 Å². The maximum atomic E-state index is 5.39. The Hall–Kier alpha value is -1.50. The van der Waals surface area contributed by atoms with Crippen molar-refractivity contribution < 1.29 is 9.57 Å². The molecule has 3 heteroatoms. The highest BCUT2D eigenvalue weighted by Gasteiger charge is 2.01. The zero-order valence-electron chi connectivity index (χ0n) is 8.82. The third-order valence-corrected chi connectivity index (χ3v) is 1.79. The average Bonchev–Trinajstić information content (AvgIpc) is 2.28. The molecule has 0 saturated heterocycles. The Kier molecular flexibility index (Phi) is 5.31. The number of rotatable bonds is 6. The second kappa shape index (κ2) is 6.88. The number of nitrogens with one attached hydrogen (secondary N) is 1. The molecule has 1 aromatic carbocycles. The van der Waals surface area contributed by atoms with E-state index in [0.717, 1.165) is 11.3 Å². The smallest absolute Gasteiger partial charge is 0.148 e. The first-order valence-corrected chi connectivity index (χ1v) is 4.87. The zero-order valence-corrected chi connectivity index (χ0v) is 8.82. The van der Waals surface area contributed by atoms with Crippen LogP contribution in [0.15, 0.2) is 24.3 Å². The monoisotopic (exact) mass is 205 g/mol. The van der Waals surface area contributed by atoms with Crippen LogP contribution in [0, 0.1) is 12.3 Å². The number of hydrogen-bond donors (Lipinski definition) is 1. The largest absolute Gasteiger partial charge is 0.481 e. The third kappa shape index (κ3) is 4.03. The molecule has 0 aromatic heterocycles. The fourth-order valence-corrected chi connectivity index (χ4v) is 1.14. The first-order valence-electron chi connectivity index (χ1n) is 4.87. The highest BCUT2D eigenvalue weighted by molar-refractivity contribution is 5.33. The van der Waals surface area contributed by atoms with Gasteiger partial charge in [-0.2, -0.15) is 5.48 Å². The molecule has 1 rings (SSSR count). The van der Waals surface area contributed by atoms with E-state index in [9.17, 15) is 0 Å². The molecule has 0 saturated carbocycles. The van der Waals surface area contributed by atoms with Crippen molar-refractivity contribution in [2.75, 3.05) is 13.2 Å². The van der Waals surface area contributed by atoms with Crippen LogP contribution in [0.4, 0.5) is 0 Å². The number of benzene rings is 1. The zero-order chi connectivity index (χ0) is 10.9. The summed E-state index contributed by atoms with van der Waals surface area (Å²) in [4.78, 5) is 5.05. The summed E-state index contributed by atoms with van der Waals surface area (Å²) in [5.74, 6) is 3.23. The van der Waals surface area contributed by atoms with Crippen molar-refractivity contribution in [2.45, 2.75) is 13.5 Å². The third-order valence-electron chi connectivity index (χ3n) is 1.79. The van der Waals surface area contributed by atoms with E-state index in [1.807, 2.05) is 31.2 Å². The summed E-state index contributed by atoms with van der Waals surface area (Å²) >= 11 is 0. The van der Waals surface area contributed by atoms with Gasteiger partial charge in [0.05, 0.1) is 6.61 Å². The molecule has 0 fully saturated rings. The van der Waals surface area contributed by atoms with Gasteiger partial charge in [0.25, 0.3) is 0 Å². The van der Waals surface area contributed by atoms with Gasteiger partial charge in [-0.3, -0.25) is 0 Å². The van der Waals surface area contributed by atoms with E-state index in [0.29, 0.717) is 13.2 Å². The minimum Gasteiger partial charge on any atom is -0.481 e. The Labute approximate surface area is 90.4 Å². The lowest BCUT2D eigenvalue weighted by Gasteiger charge is -2.09. The van der Waals surface area contributed by atoms with Gasteiger partial charge in [0, 0.05) is 12.1 Å². The highest BCUT2D eigenvalue weighted by Crippen LogP contribution is 2.17. The number of hydroxylamine groups is 1. The fourth-order valence-electron chi connectivity index (χ4n) is 1.14. The average molecular weight is 205 g/mol. The molecule has 0 heterocycles. The molecule has 80 valence electrons. The quantitative estimate of drug-likeness (QED) is 0.436. The lowest BCUT2D eigenvalue weighted by atomic mass is 10.2. The van der Waals surface area contributed by atoms with Crippen LogP contribution in [0.2, 0.25) is 0 Å². The minimum absolute atomic E-state index is 0.283. The first kappa shape index (κ1) is 11.6. The highest BCUT2D eigenvalue weighted by atomic mass is 16.6. The van der Waals surface area contributed by atoms with Crippen molar-refractivity contribution in [3.8, 4) is 18.1 Å². The van der Waals surface area contributed by atoms with Crippen LogP contribution in [0.5, 0.6) is 5.75 Å². The molecule has 1 aromatic rings. The van der Waals surface area contributed by atoms with Crippen molar-refractivity contribution in [1.82, 2.24) is 5.48 Å². The van der Waals surface area contributed by atoms with E-state index in [4.69, 9.17) is 16.0 Å². The Morgan fingerprint density at radius 3 is 2.93 bits per heavy atom. The second-order valence-electron chi connectivity index (χ2n) is 2.85. The molecule has 0 amide bonds. The lowest BCUT2D eigenvalue weighted by molar-refractivity contribution is 0.0458. The van der Waals surface area contributed by atoms with Crippen LogP contribution in [-0.4, -0.2) is 13.2 Å². The number of ether oxygens (including phenoxy) is 1. The molecular weight excluding hydrogens is 190 g/mol. The Bertz CT molecular complexity index is 331. The normalized spacial score (nSPS) is 9.60.